The number of ether oxygens (including phenoxy) is 2. The first-order valence-corrected chi connectivity index (χ1v) is 7.06. The number of non-ortho nitro benzene ring substituents is 1. The molecule has 0 aromatic heterocycles. The number of nitro groups is 1. The normalized spacial score (nSPS) is 15.7. The van der Waals surface area contributed by atoms with Gasteiger partial charge in [-0.05, 0) is 34.4 Å². The van der Waals surface area contributed by atoms with Crippen molar-refractivity contribution >= 4 is 5.69 Å². The van der Waals surface area contributed by atoms with Gasteiger partial charge in [0.25, 0.3) is 5.69 Å². The van der Waals surface area contributed by atoms with Crippen molar-refractivity contribution in [3.05, 3.63) is 27.8 Å². The molecule has 0 aliphatic carbocycles. The number of nitro benzene ring substituents is 1. The number of fused-ring (bicyclic) bond motifs is 1. The minimum atomic E-state index is -0.391. The van der Waals surface area contributed by atoms with E-state index in [1.54, 1.807) is 6.07 Å². The van der Waals surface area contributed by atoms with Crippen LogP contribution in [0, 0.1) is 10.1 Å². The van der Waals surface area contributed by atoms with Gasteiger partial charge in [0.2, 0.25) is 0 Å². The maximum absolute atomic E-state index is 11.0. The highest BCUT2D eigenvalue weighted by Crippen LogP contribution is 2.44. The van der Waals surface area contributed by atoms with Crippen LogP contribution in [0.4, 0.5) is 5.69 Å². The van der Waals surface area contributed by atoms with Crippen molar-refractivity contribution in [3.63, 3.8) is 0 Å². The Labute approximate surface area is 124 Å². The Morgan fingerprint density at radius 2 is 2.14 bits per heavy atom. The zero-order valence-corrected chi connectivity index (χ0v) is 13.0. The van der Waals surface area contributed by atoms with Crippen LogP contribution in [-0.2, 0) is 6.42 Å². The van der Waals surface area contributed by atoms with E-state index in [-0.39, 0.29) is 11.3 Å². The van der Waals surface area contributed by atoms with Crippen LogP contribution in [0.5, 0.6) is 11.5 Å². The van der Waals surface area contributed by atoms with Gasteiger partial charge < -0.3 is 14.4 Å². The average molecular weight is 294 g/mol. The lowest BCUT2D eigenvalue weighted by Gasteiger charge is -2.18. The van der Waals surface area contributed by atoms with E-state index < -0.39 is 4.92 Å². The Morgan fingerprint density at radius 3 is 2.76 bits per heavy atom. The van der Waals surface area contributed by atoms with Crippen LogP contribution in [0.1, 0.15) is 25.8 Å². The molecule has 1 heterocycles. The largest absolute Gasteiger partial charge is 0.489 e. The molecule has 0 N–H and O–H groups in total. The fourth-order valence-electron chi connectivity index (χ4n) is 2.44. The van der Waals surface area contributed by atoms with Crippen molar-refractivity contribution in [2.75, 3.05) is 27.2 Å². The van der Waals surface area contributed by atoms with E-state index in [9.17, 15) is 10.1 Å². The van der Waals surface area contributed by atoms with Gasteiger partial charge in [-0.15, -0.1) is 0 Å². The van der Waals surface area contributed by atoms with Crippen LogP contribution in [0.25, 0.3) is 0 Å². The van der Waals surface area contributed by atoms with Crippen LogP contribution in [0.2, 0.25) is 0 Å². The van der Waals surface area contributed by atoms with E-state index in [2.05, 4.69) is 4.90 Å². The number of rotatable bonds is 6. The zero-order valence-electron chi connectivity index (χ0n) is 13.0. The Bertz CT molecular complexity index is 541. The molecule has 1 aliphatic rings. The molecule has 21 heavy (non-hydrogen) atoms. The number of nitrogens with zero attached hydrogens (tertiary/aromatic N) is 2. The molecule has 0 bridgehead atoms. The van der Waals surface area contributed by atoms with Crippen LogP contribution in [-0.4, -0.2) is 42.7 Å². The monoisotopic (exact) mass is 294 g/mol. The second-order valence-electron chi connectivity index (χ2n) is 6.23. The van der Waals surface area contributed by atoms with E-state index in [4.69, 9.17) is 9.47 Å². The summed E-state index contributed by atoms with van der Waals surface area (Å²) in [6.07, 6.45) is 1.51. The van der Waals surface area contributed by atoms with E-state index in [0.29, 0.717) is 24.5 Å². The molecule has 0 spiro atoms. The van der Waals surface area contributed by atoms with Crippen molar-refractivity contribution in [3.8, 4) is 11.5 Å². The number of hydrogen-bond acceptors (Lipinski definition) is 5. The van der Waals surface area contributed by atoms with Gasteiger partial charge in [0.05, 0.1) is 17.6 Å². The molecular weight excluding hydrogens is 272 g/mol. The Kier molecular flexibility index (Phi) is 4.37. The molecule has 0 fully saturated rings. The summed E-state index contributed by atoms with van der Waals surface area (Å²) in [6, 6.07) is 3.03. The molecule has 0 saturated carbocycles. The maximum Gasteiger partial charge on any atom is 0.273 e. The second-order valence-corrected chi connectivity index (χ2v) is 6.23. The highest BCUT2D eigenvalue weighted by Gasteiger charge is 2.34. The highest BCUT2D eigenvalue weighted by atomic mass is 16.6. The van der Waals surface area contributed by atoms with Crippen molar-refractivity contribution < 1.29 is 14.4 Å². The first-order valence-electron chi connectivity index (χ1n) is 7.06. The summed E-state index contributed by atoms with van der Waals surface area (Å²) < 4.78 is 11.6. The zero-order chi connectivity index (χ0) is 15.6. The van der Waals surface area contributed by atoms with Crippen LogP contribution in [0.15, 0.2) is 12.1 Å². The fraction of sp³-hybridized carbons (Fsp3) is 0.600. The molecule has 116 valence electrons. The van der Waals surface area contributed by atoms with Crippen LogP contribution < -0.4 is 9.47 Å². The van der Waals surface area contributed by atoms with Crippen molar-refractivity contribution in [2.45, 2.75) is 32.3 Å². The van der Waals surface area contributed by atoms with Crippen LogP contribution >= 0.6 is 0 Å². The number of hydrogen-bond donors (Lipinski definition) is 0. The van der Waals surface area contributed by atoms with Gasteiger partial charge in [-0.3, -0.25) is 10.1 Å². The summed E-state index contributed by atoms with van der Waals surface area (Å²) in [5.74, 6) is 1.12. The smallest absolute Gasteiger partial charge is 0.273 e. The van der Waals surface area contributed by atoms with Gasteiger partial charge in [0.15, 0.2) is 11.5 Å². The van der Waals surface area contributed by atoms with Crippen molar-refractivity contribution in [1.29, 1.82) is 0 Å². The van der Waals surface area contributed by atoms with Gasteiger partial charge in [-0.2, -0.15) is 0 Å². The summed E-state index contributed by atoms with van der Waals surface area (Å²) in [5.41, 5.74) is 0.550. The molecule has 1 aromatic rings. The summed E-state index contributed by atoms with van der Waals surface area (Å²) in [7, 11) is 3.99. The van der Waals surface area contributed by atoms with Gasteiger partial charge in [0.1, 0.15) is 5.60 Å². The average Bonchev–Trinajstić information content (AvgIpc) is 2.67. The predicted octanol–water partition coefficient (Wildman–Crippen LogP) is 2.64. The molecule has 6 nitrogen and oxygen atoms in total. The highest BCUT2D eigenvalue weighted by molar-refractivity contribution is 5.56. The van der Waals surface area contributed by atoms with E-state index in [1.807, 2.05) is 27.9 Å². The minimum Gasteiger partial charge on any atom is -0.489 e. The van der Waals surface area contributed by atoms with Gasteiger partial charge in [-0.25, -0.2) is 0 Å². The van der Waals surface area contributed by atoms with E-state index in [0.717, 1.165) is 18.5 Å². The standard InChI is InChI=1S/C15H22N2O4/c1-15(2)10-11-8-12(17(18)19)9-13(14(11)21-15)20-7-5-6-16(3)4/h8-9H,5-7,10H2,1-4H3. The molecule has 0 unspecified atom stereocenters. The van der Waals surface area contributed by atoms with E-state index in [1.165, 1.54) is 6.07 Å². The van der Waals surface area contributed by atoms with E-state index >= 15 is 0 Å². The lowest BCUT2D eigenvalue weighted by molar-refractivity contribution is -0.385. The molecule has 0 radical (unpaired) electrons. The Balaban J connectivity index is 2.18. The van der Waals surface area contributed by atoms with Gasteiger partial charge >= 0.3 is 0 Å². The molecule has 6 heteroatoms. The number of benzene rings is 1. The third kappa shape index (κ3) is 3.85. The Morgan fingerprint density at radius 1 is 1.43 bits per heavy atom. The predicted molar refractivity (Wildman–Crippen MR) is 80.2 cm³/mol. The first-order chi connectivity index (χ1) is 9.78. The summed E-state index contributed by atoms with van der Waals surface area (Å²) in [4.78, 5) is 12.7. The SMILES string of the molecule is CN(C)CCCOc1cc([N+](=O)[O-])cc2c1OC(C)(C)C2. The van der Waals surface area contributed by atoms with Gasteiger partial charge in [0, 0.05) is 24.6 Å². The molecule has 1 aliphatic heterocycles. The topological polar surface area (TPSA) is 64.8 Å². The fourth-order valence-corrected chi connectivity index (χ4v) is 2.44. The maximum atomic E-state index is 11.0. The summed E-state index contributed by atoms with van der Waals surface area (Å²) >= 11 is 0. The Hall–Kier alpha value is -1.82. The lowest BCUT2D eigenvalue weighted by atomic mass is 10.0. The molecule has 0 atom stereocenters. The van der Waals surface area contributed by atoms with Crippen molar-refractivity contribution in [2.24, 2.45) is 0 Å². The third-order valence-electron chi connectivity index (χ3n) is 3.33. The molecule has 1 aromatic carbocycles. The summed E-state index contributed by atoms with van der Waals surface area (Å²) in [5, 5.41) is 11.0. The molecule has 0 saturated heterocycles. The minimum absolute atomic E-state index is 0.0534. The van der Waals surface area contributed by atoms with Gasteiger partial charge in [-0.1, -0.05) is 0 Å². The lowest BCUT2D eigenvalue weighted by Crippen LogP contribution is -2.24. The van der Waals surface area contributed by atoms with Crippen LogP contribution in [0.3, 0.4) is 0 Å². The molecule has 2 rings (SSSR count). The van der Waals surface area contributed by atoms with Crippen molar-refractivity contribution in [1.82, 2.24) is 4.90 Å². The summed E-state index contributed by atoms with van der Waals surface area (Å²) in [6.45, 7) is 5.35. The first kappa shape index (κ1) is 15.6. The quantitative estimate of drug-likeness (QED) is 0.458. The molecular formula is C15H22N2O4. The molecule has 0 amide bonds. The third-order valence-corrected chi connectivity index (χ3v) is 3.33. The second kappa shape index (κ2) is 5.89.